The molecule has 3 N–H and O–H groups in total. The quantitative estimate of drug-likeness (QED) is 0.371. The molecule has 2 aromatic carbocycles. The maximum Gasteiger partial charge on any atom is 0.313 e. The smallest absolute Gasteiger partial charge is 0.313 e. The summed E-state index contributed by atoms with van der Waals surface area (Å²) in [6.07, 6.45) is 0. The SMILES string of the molecule is COc1cc([C@H](Nc2cccc([N+](=O)[O-])c2)SCC(=O)O)ccc1O. The lowest BCUT2D eigenvalue weighted by Gasteiger charge is -2.20. The first-order valence-electron chi connectivity index (χ1n) is 7.12. The van der Waals surface area contributed by atoms with Gasteiger partial charge in [0.2, 0.25) is 0 Å². The van der Waals surface area contributed by atoms with Gasteiger partial charge in [-0.2, -0.15) is 0 Å². The molecule has 2 rings (SSSR count). The Bertz CT molecular complexity index is 783. The molecule has 0 aliphatic carbocycles. The number of nitro groups is 1. The van der Waals surface area contributed by atoms with Crippen LogP contribution in [0.1, 0.15) is 10.9 Å². The Morgan fingerprint density at radius 1 is 1.36 bits per heavy atom. The molecule has 0 aliphatic rings. The van der Waals surface area contributed by atoms with E-state index in [4.69, 9.17) is 9.84 Å². The summed E-state index contributed by atoms with van der Waals surface area (Å²) in [4.78, 5) is 21.3. The van der Waals surface area contributed by atoms with Crippen LogP contribution in [0, 0.1) is 10.1 Å². The van der Waals surface area contributed by atoms with Gasteiger partial charge in [0.1, 0.15) is 0 Å². The zero-order chi connectivity index (χ0) is 18.4. The predicted octanol–water partition coefficient (Wildman–Crippen LogP) is 3.24. The summed E-state index contributed by atoms with van der Waals surface area (Å²) in [5.74, 6) is -0.945. The van der Waals surface area contributed by atoms with Crippen LogP contribution in [-0.2, 0) is 4.79 Å². The molecular weight excluding hydrogens is 348 g/mol. The van der Waals surface area contributed by atoms with E-state index in [9.17, 15) is 20.0 Å². The van der Waals surface area contributed by atoms with Crippen molar-refractivity contribution in [2.75, 3.05) is 18.2 Å². The molecule has 8 nitrogen and oxygen atoms in total. The van der Waals surface area contributed by atoms with E-state index in [0.717, 1.165) is 11.8 Å². The molecule has 0 aromatic heterocycles. The number of anilines is 1. The van der Waals surface area contributed by atoms with Gasteiger partial charge in [0.05, 0.1) is 23.2 Å². The van der Waals surface area contributed by atoms with Gasteiger partial charge in [0.15, 0.2) is 11.5 Å². The van der Waals surface area contributed by atoms with E-state index in [1.807, 2.05) is 0 Å². The van der Waals surface area contributed by atoms with Gasteiger partial charge < -0.3 is 20.3 Å². The van der Waals surface area contributed by atoms with E-state index in [2.05, 4.69) is 5.32 Å². The number of benzene rings is 2. The molecule has 0 saturated heterocycles. The van der Waals surface area contributed by atoms with Crippen molar-refractivity contribution < 1.29 is 24.7 Å². The van der Waals surface area contributed by atoms with E-state index >= 15 is 0 Å². The van der Waals surface area contributed by atoms with Crippen molar-refractivity contribution in [3.05, 3.63) is 58.1 Å². The minimum Gasteiger partial charge on any atom is -0.504 e. The van der Waals surface area contributed by atoms with Crippen LogP contribution in [0.15, 0.2) is 42.5 Å². The normalized spacial score (nSPS) is 11.6. The molecule has 0 amide bonds. The Morgan fingerprint density at radius 3 is 2.76 bits per heavy atom. The molecule has 2 aromatic rings. The lowest BCUT2D eigenvalue weighted by atomic mass is 10.2. The zero-order valence-electron chi connectivity index (χ0n) is 13.2. The third kappa shape index (κ3) is 5.01. The maximum absolute atomic E-state index is 10.9. The molecule has 0 spiro atoms. The molecule has 0 aliphatic heterocycles. The van der Waals surface area contributed by atoms with Gasteiger partial charge in [-0.05, 0) is 23.8 Å². The minimum absolute atomic E-state index is 0.0383. The van der Waals surface area contributed by atoms with Crippen molar-refractivity contribution in [3.63, 3.8) is 0 Å². The number of carbonyl (C=O) groups is 1. The van der Waals surface area contributed by atoms with Crippen molar-refractivity contribution in [1.82, 2.24) is 0 Å². The number of thioether (sulfide) groups is 1. The number of phenols is 1. The number of rotatable bonds is 8. The number of ether oxygens (including phenoxy) is 1. The highest BCUT2D eigenvalue weighted by Gasteiger charge is 2.17. The molecule has 0 unspecified atom stereocenters. The summed E-state index contributed by atoms with van der Waals surface area (Å²) in [6, 6.07) is 10.6. The number of hydrogen-bond donors (Lipinski definition) is 3. The lowest BCUT2D eigenvalue weighted by molar-refractivity contribution is -0.384. The first kappa shape index (κ1) is 18.4. The first-order valence-corrected chi connectivity index (χ1v) is 8.17. The second-order valence-electron chi connectivity index (χ2n) is 4.97. The number of nitro benzene ring substituents is 1. The van der Waals surface area contributed by atoms with Gasteiger partial charge in [-0.1, -0.05) is 12.1 Å². The fourth-order valence-electron chi connectivity index (χ4n) is 2.09. The highest BCUT2D eigenvalue weighted by atomic mass is 32.2. The summed E-state index contributed by atoms with van der Waals surface area (Å²) in [6.45, 7) is 0. The van der Waals surface area contributed by atoms with Gasteiger partial charge >= 0.3 is 5.97 Å². The monoisotopic (exact) mass is 364 g/mol. The van der Waals surface area contributed by atoms with Crippen LogP contribution in [0.3, 0.4) is 0 Å². The largest absolute Gasteiger partial charge is 0.504 e. The molecule has 0 fully saturated rings. The summed E-state index contributed by atoms with van der Waals surface area (Å²) in [5, 5.41) is 32.1. The molecule has 0 saturated carbocycles. The average Bonchev–Trinajstić information content (AvgIpc) is 2.59. The number of aromatic hydroxyl groups is 1. The maximum atomic E-state index is 10.9. The molecule has 25 heavy (non-hydrogen) atoms. The van der Waals surface area contributed by atoms with E-state index in [0.29, 0.717) is 11.3 Å². The van der Waals surface area contributed by atoms with Crippen LogP contribution in [-0.4, -0.2) is 34.0 Å². The number of carboxylic acid groups (broad SMARTS) is 1. The Morgan fingerprint density at radius 2 is 2.12 bits per heavy atom. The fraction of sp³-hybridized carbons (Fsp3) is 0.188. The molecule has 9 heteroatoms. The molecule has 1 atom stereocenters. The van der Waals surface area contributed by atoms with Crippen molar-refractivity contribution in [2.24, 2.45) is 0 Å². The van der Waals surface area contributed by atoms with Crippen molar-refractivity contribution in [2.45, 2.75) is 5.37 Å². The average molecular weight is 364 g/mol. The molecule has 132 valence electrons. The van der Waals surface area contributed by atoms with Gasteiger partial charge in [0.25, 0.3) is 5.69 Å². The van der Waals surface area contributed by atoms with Crippen molar-refractivity contribution in [3.8, 4) is 11.5 Å². The Hall–Kier alpha value is -2.94. The third-order valence-corrected chi connectivity index (χ3v) is 4.37. The number of methoxy groups -OCH3 is 1. The second kappa shape index (κ2) is 8.25. The van der Waals surface area contributed by atoms with Gasteiger partial charge in [-0.25, -0.2) is 0 Å². The Labute approximate surface area is 147 Å². The van der Waals surface area contributed by atoms with Crippen LogP contribution >= 0.6 is 11.8 Å². The number of nitrogens with zero attached hydrogens (tertiary/aromatic N) is 1. The third-order valence-electron chi connectivity index (χ3n) is 3.23. The summed E-state index contributed by atoms with van der Waals surface area (Å²) < 4.78 is 5.07. The Kier molecular flexibility index (Phi) is 6.07. The number of non-ortho nitro benzene ring substituents is 1. The standard InChI is InChI=1S/C16H16N2O6S/c1-24-14-7-10(5-6-13(14)19)16(25-9-15(20)21)17-11-3-2-4-12(8-11)18(22)23/h2-8,16-17,19H,9H2,1H3,(H,20,21)/t16-/m1/s1. The number of nitrogens with one attached hydrogen (secondary N) is 1. The van der Waals surface area contributed by atoms with Crippen molar-refractivity contribution in [1.29, 1.82) is 0 Å². The molecular formula is C16H16N2O6S. The van der Waals surface area contributed by atoms with Crippen LogP contribution in [0.5, 0.6) is 11.5 Å². The molecule has 0 bridgehead atoms. The molecule has 0 heterocycles. The first-order chi connectivity index (χ1) is 11.9. The van der Waals surface area contributed by atoms with Crippen LogP contribution in [0.4, 0.5) is 11.4 Å². The summed E-state index contributed by atoms with van der Waals surface area (Å²) >= 11 is 1.10. The van der Waals surface area contributed by atoms with Crippen LogP contribution in [0.25, 0.3) is 0 Å². The van der Waals surface area contributed by atoms with Crippen LogP contribution in [0.2, 0.25) is 0 Å². The highest BCUT2D eigenvalue weighted by molar-refractivity contribution is 8.00. The van der Waals surface area contributed by atoms with Crippen LogP contribution < -0.4 is 10.1 Å². The Balaban J connectivity index is 2.31. The van der Waals surface area contributed by atoms with Gasteiger partial charge in [-0.3, -0.25) is 14.9 Å². The molecule has 0 radical (unpaired) electrons. The number of hydrogen-bond acceptors (Lipinski definition) is 7. The number of phenolic OH excluding ortho intramolecular Hbond substituents is 1. The highest BCUT2D eigenvalue weighted by Crippen LogP contribution is 2.36. The fourth-order valence-corrected chi connectivity index (χ4v) is 2.96. The number of aliphatic carboxylic acids is 1. The predicted molar refractivity (Wildman–Crippen MR) is 94.2 cm³/mol. The summed E-state index contributed by atoms with van der Waals surface area (Å²) in [5.41, 5.74) is 1.06. The van der Waals surface area contributed by atoms with E-state index in [1.54, 1.807) is 18.2 Å². The van der Waals surface area contributed by atoms with Gasteiger partial charge in [-0.15, -0.1) is 11.8 Å². The number of carboxylic acids is 1. The van der Waals surface area contributed by atoms with E-state index < -0.39 is 16.3 Å². The second-order valence-corrected chi connectivity index (χ2v) is 6.06. The van der Waals surface area contributed by atoms with E-state index in [-0.39, 0.29) is 22.9 Å². The van der Waals surface area contributed by atoms with E-state index in [1.165, 1.54) is 31.4 Å². The summed E-state index contributed by atoms with van der Waals surface area (Å²) in [7, 11) is 1.41. The topological polar surface area (TPSA) is 122 Å². The zero-order valence-corrected chi connectivity index (χ0v) is 14.0. The van der Waals surface area contributed by atoms with Gasteiger partial charge in [0, 0.05) is 17.8 Å². The minimum atomic E-state index is -0.985. The van der Waals surface area contributed by atoms with Crippen molar-refractivity contribution >= 4 is 29.1 Å². The lowest BCUT2D eigenvalue weighted by Crippen LogP contribution is -2.11.